The lowest BCUT2D eigenvalue weighted by atomic mass is 10.1. The maximum atomic E-state index is 11.2. The highest BCUT2D eigenvalue weighted by atomic mass is 31.2. The van der Waals surface area contributed by atoms with Crippen LogP contribution in [-0.4, -0.2) is 55.0 Å². The van der Waals surface area contributed by atoms with Crippen molar-refractivity contribution >= 4 is 30.0 Å². The molecule has 1 aromatic carbocycles. The fourth-order valence-corrected chi connectivity index (χ4v) is 4.12. The minimum Gasteiger partial charge on any atom is -0.387 e. The summed E-state index contributed by atoms with van der Waals surface area (Å²) in [5.41, 5.74) is 6.72. The molecule has 0 spiro atoms. The Morgan fingerprint density at radius 1 is 1.15 bits per heavy atom. The fourth-order valence-electron chi connectivity index (χ4n) is 3.48. The van der Waals surface area contributed by atoms with E-state index in [0.29, 0.717) is 17.7 Å². The monoisotopic (exact) mass is 499 g/mol. The van der Waals surface area contributed by atoms with E-state index in [0.717, 1.165) is 51.4 Å². The lowest BCUT2D eigenvalue weighted by Crippen LogP contribution is -2.34. The molecule has 34 heavy (non-hydrogen) atoms. The van der Waals surface area contributed by atoms with Crippen LogP contribution in [0.1, 0.15) is 57.8 Å². The molecule has 0 unspecified atom stereocenters. The molecular weight excluding hydrogens is 465 g/mol. The molecule has 2 atom stereocenters. The van der Waals surface area contributed by atoms with Crippen LogP contribution in [0, 0.1) is 10.1 Å². The van der Waals surface area contributed by atoms with E-state index in [-0.39, 0.29) is 23.8 Å². The molecule has 2 aromatic rings. The molecule has 2 rings (SSSR count). The third-order valence-electron chi connectivity index (χ3n) is 5.44. The third-order valence-corrected chi connectivity index (χ3v) is 6.28. The van der Waals surface area contributed by atoms with Crippen LogP contribution < -0.4 is 11.1 Å². The van der Waals surface area contributed by atoms with Crippen LogP contribution in [0.5, 0.6) is 0 Å². The molecule has 190 valence electrons. The summed E-state index contributed by atoms with van der Waals surface area (Å²) in [5.74, 6) is 0. The molecule has 0 aliphatic rings. The summed E-state index contributed by atoms with van der Waals surface area (Å²) in [4.78, 5) is 28.4. The van der Waals surface area contributed by atoms with E-state index < -0.39 is 24.7 Å². The van der Waals surface area contributed by atoms with Crippen LogP contribution in [0.25, 0.3) is 11.0 Å². The number of hydrogen-bond donors (Lipinski definition) is 5. The second-order valence-corrected chi connectivity index (χ2v) is 10.1. The number of benzene rings is 1. The quantitative estimate of drug-likeness (QED) is 0.0702. The number of nitrogens with two attached hydrogens (primary N) is 1. The van der Waals surface area contributed by atoms with Gasteiger partial charge in [0.05, 0.1) is 17.2 Å². The fraction of sp³-hybridized carbons (Fsp3) is 0.619. The normalized spacial score (nSPS) is 14.0. The number of nitrogens with zero attached hydrogens (tertiary/aromatic N) is 3. The molecular formula is C21H34N5O7P. The van der Waals surface area contributed by atoms with Gasteiger partial charge in [-0.25, -0.2) is 4.63 Å². The van der Waals surface area contributed by atoms with Crippen molar-refractivity contribution in [3.05, 3.63) is 34.4 Å². The summed E-state index contributed by atoms with van der Waals surface area (Å²) in [6.07, 6.45) is 10.6. The van der Waals surface area contributed by atoms with Crippen molar-refractivity contribution in [1.29, 1.82) is 0 Å². The van der Waals surface area contributed by atoms with Gasteiger partial charge in [-0.1, -0.05) is 44.3 Å². The Morgan fingerprint density at radius 3 is 2.50 bits per heavy atom. The number of nitro benzene ring substituents is 1. The minimum absolute atomic E-state index is 0.0690. The molecule has 0 aliphatic carbocycles. The summed E-state index contributed by atoms with van der Waals surface area (Å²) in [5, 5.41) is 31.5. The van der Waals surface area contributed by atoms with Gasteiger partial charge in [-0.05, 0) is 42.1 Å². The highest BCUT2D eigenvalue weighted by Crippen LogP contribution is 2.35. The number of aromatic nitrogens is 2. The van der Waals surface area contributed by atoms with Crippen molar-refractivity contribution in [2.75, 3.05) is 18.0 Å². The summed E-state index contributed by atoms with van der Waals surface area (Å²) in [6.45, 7) is 0.706. The Kier molecular flexibility index (Phi) is 11.6. The topological polar surface area (TPSA) is 198 Å². The number of allylic oxidation sites excluding steroid dienone is 1. The van der Waals surface area contributed by atoms with Crippen LogP contribution in [-0.2, 0) is 4.57 Å². The van der Waals surface area contributed by atoms with E-state index in [4.69, 9.17) is 15.5 Å². The van der Waals surface area contributed by atoms with Gasteiger partial charge >= 0.3 is 13.3 Å². The first-order valence-corrected chi connectivity index (χ1v) is 13.3. The van der Waals surface area contributed by atoms with Crippen molar-refractivity contribution in [2.45, 2.75) is 69.9 Å². The molecule has 13 heteroatoms. The van der Waals surface area contributed by atoms with Gasteiger partial charge in [0.2, 0.25) is 5.52 Å². The predicted octanol–water partition coefficient (Wildman–Crippen LogP) is 3.48. The van der Waals surface area contributed by atoms with Gasteiger partial charge in [0, 0.05) is 24.3 Å². The van der Waals surface area contributed by atoms with E-state index in [2.05, 4.69) is 20.3 Å². The first-order valence-electron chi connectivity index (χ1n) is 11.5. The minimum atomic E-state index is -4.09. The standard InChI is InChI=1S/C21H34N5O7P/c22-17(11-13-34(30,31)32)20(27)10-8-6-4-2-1-3-5-7-9-12-23-16-14-18-21(25-33-24-18)19(15-16)26(28)29/h8,10,14-15,17,20,23,27H,1-7,9,11-13,22H2,(H2,30,31,32)/b10-8+/t17-,20+/m0/s1. The number of non-ortho nitro benzene ring substituents is 1. The average molecular weight is 500 g/mol. The number of nitro groups is 1. The zero-order chi connectivity index (χ0) is 25.0. The van der Waals surface area contributed by atoms with Crippen LogP contribution in [0.4, 0.5) is 11.4 Å². The predicted molar refractivity (Wildman–Crippen MR) is 129 cm³/mol. The smallest absolute Gasteiger partial charge is 0.325 e. The highest BCUT2D eigenvalue weighted by Gasteiger charge is 2.19. The Balaban J connectivity index is 1.50. The van der Waals surface area contributed by atoms with Crippen molar-refractivity contribution in [1.82, 2.24) is 10.3 Å². The number of aliphatic hydroxyl groups is 1. The van der Waals surface area contributed by atoms with E-state index in [1.807, 2.05) is 6.08 Å². The van der Waals surface area contributed by atoms with Crippen LogP contribution in [0.15, 0.2) is 28.9 Å². The largest absolute Gasteiger partial charge is 0.387 e. The summed E-state index contributed by atoms with van der Waals surface area (Å²) < 4.78 is 15.4. The van der Waals surface area contributed by atoms with Crippen LogP contribution in [0.2, 0.25) is 0 Å². The lowest BCUT2D eigenvalue weighted by molar-refractivity contribution is -0.383. The van der Waals surface area contributed by atoms with Gasteiger partial charge < -0.3 is 25.9 Å². The Labute approximate surface area is 197 Å². The number of rotatable bonds is 17. The second-order valence-electron chi connectivity index (χ2n) is 8.33. The number of unbranched alkanes of at least 4 members (excludes halogenated alkanes) is 7. The summed E-state index contributed by atoms with van der Waals surface area (Å²) >= 11 is 0. The van der Waals surface area contributed by atoms with Crippen molar-refractivity contribution in [3.8, 4) is 0 Å². The van der Waals surface area contributed by atoms with Crippen molar-refractivity contribution < 1.29 is 29.0 Å². The molecule has 0 aliphatic heterocycles. The molecule has 12 nitrogen and oxygen atoms in total. The maximum Gasteiger partial charge on any atom is 0.325 e. The van der Waals surface area contributed by atoms with E-state index in [1.165, 1.54) is 6.07 Å². The Hall–Kier alpha value is -2.37. The van der Waals surface area contributed by atoms with Gasteiger partial charge in [0.1, 0.15) is 5.52 Å². The second kappa shape index (κ2) is 14.1. The number of anilines is 1. The molecule has 0 bridgehead atoms. The molecule has 1 heterocycles. The van der Waals surface area contributed by atoms with Crippen molar-refractivity contribution in [3.63, 3.8) is 0 Å². The molecule has 0 saturated heterocycles. The highest BCUT2D eigenvalue weighted by molar-refractivity contribution is 7.51. The SMILES string of the molecule is N[C@@H](CCP(=O)(O)O)[C@H](O)/C=C/CCCCCCCCCNc1cc([N+](=O)[O-])c2nonc2c1. The van der Waals surface area contributed by atoms with Crippen LogP contribution in [0.3, 0.4) is 0 Å². The van der Waals surface area contributed by atoms with E-state index in [9.17, 15) is 19.8 Å². The summed E-state index contributed by atoms with van der Waals surface area (Å²) in [6, 6.07) is 2.44. The van der Waals surface area contributed by atoms with E-state index in [1.54, 1.807) is 12.1 Å². The van der Waals surface area contributed by atoms with Gasteiger partial charge in [0.25, 0.3) is 0 Å². The van der Waals surface area contributed by atoms with Crippen molar-refractivity contribution in [2.24, 2.45) is 5.73 Å². The van der Waals surface area contributed by atoms with Gasteiger partial charge in [0.15, 0.2) is 0 Å². The molecule has 0 radical (unpaired) electrons. The number of hydrogen-bond acceptors (Lipinski definition) is 9. The third kappa shape index (κ3) is 10.3. The van der Waals surface area contributed by atoms with Gasteiger partial charge in [-0.15, -0.1) is 0 Å². The summed E-state index contributed by atoms with van der Waals surface area (Å²) in [7, 11) is -4.09. The molecule has 1 aromatic heterocycles. The number of aliphatic hydroxyl groups excluding tert-OH is 1. The molecule has 0 amide bonds. The maximum absolute atomic E-state index is 11.2. The first-order chi connectivity index (χ1) is 16.2. The van der Waals surface area contributed by atoms with Crippen LogP contribution >= 0.6 is 7.60 Å². The van der Waals surface area contributed by atoms with Gasteiger partial charge in [-0.2, -0.15) is 0 Å². The number of fused-ring (bicyclic) bond motifs is 1. The molecule has 6 N–H and O–H groups in total. The zero-order valence-electron chi connectivity index (χ0n) is 19.1. The Morgan fingerprint density at radius 2 is 1.82 bits per heavy atom. The molecule has 0 fully saturated rings. The van der Waals surface area contributed by atoms with E-state index >= 15 is 0 Å². The lowest BCUT2D eigenvalue weighted by Gasteiger charge is -2.15. The van der Waals surface area contributed by atoms with Gasteiger partial charge in [-0.3, -0.25) is 14.7 Å². The zero-order valence-corrected chi connectivity index (χ0v) is 20.0. The first kappa shape index (κ1) is 27.9. The number of nitrogens with one attached hydrogen (secondary N) is 1. The Bertz CT molecular complexity index is 978. The average Bonchev–Trinajstić information content (AvgIpc) is 3.25. The molecule has 0 saturated carbocycles.